The van der Waals surface area contributed by atoms with Crippen LogP contribution in [0.1, 0.15) is 5.56 Å². The summed E-state index contributed by atoms with van der Waals surface area (Å²) in [6, 6.07) is 2.95. The molecule has 0 aromatic heterocycles. The highest BCUT2D eigenvalue weighted by Gasteiger charge is 2.20. The fourth-order valence-electron chi connectivity index (χ4n) is 0.908. The summed E-state index contributed by atoms with van der Waals surface area (Å²) in [5.74, 6) is 0. The van der Waals surface area contributed by atoms with Crippen molar-refractivity contribution in [1.29, 1.82) is 0 Å². The molecular formula is C7H4BrCl2NO2. The van der Waals surface area contributed by atoms with Crippen LogP contribution in [0, 0.1) is 10.1 Å². The largest absolute Gasteiger partial charge is 0.293 e. The average molecular weight is 285 g/mol. The first-order valence-corrected chi connectivity index (χ1v) is 5.13. The van der Waals surface area contributed by atoms with Crippen LogP contribution in [0.25, 0.3) is 0 Å². The van der Waals surface area contributed by atoms with E-state index in [9.17, 15) is 10.1 Å². The predicted molar refractivity (Wildman–Crippen MR) is 55.7 cm³/mol. The van der Waals surface area contributed by atoms with Gasteiger partial charge in [-0.1, -0.05) is 39.1 Å². The zero-order valence-electron chi connectivity index (χ0n) is 6.26. The smallest absolute Gasteiger partial charge is 0.258 e. The van der Waals surface area contributed by atoms with Gasteiger partial charge in [0.25, 0.3) is 5.69 Å². The molecule has 0 heterocycles. The molecule has 3 nitrogen and oxygen atoms in total. The zero-order valence-corrected chi connectivity index (χ0v) is 9.36. The normalized spacial score (nSPS) is 10.1. The Labute approximate surface area is 92.9 Å². The number of nitro groups is 1. The quantitative estimate of drug-likeness (QED) is 0.471. The summed E-state index contributed by atoms with van der Waals surface area (Å²) < 4.78 is 0. The SMILES string of the molecule is O=[N+]([O-])c1c(Cl)ccc(Cl)c1CBr. The van der Waals surface area contributed by atoms with E-state index in [1.54, 1.807) is 0 Å². The van der Waals surface area contributed by atoms with Crippen molar-refractivity contribution in [2.24, 2.45) is 0 Å². The monoisotopic (exact) mass is 283 g/mol. The number of nitrogens with zero attached hydrogens (tertiary/aromatic N) is 1. The molecule has 0 spiro atoms. The second-order valence-electron chi connectivity index (χ2n) is 2.25. The fourth-order valence-corrected chi connectivity index (χ4v) is 2.10. The lowest BCUT2D eigenvalue weighted by molar-refractivity contribution is -0.385. The Morgan fingerprint density at radius 1 is 1.38 bits per heavy atom. The Morgan fingerprint density at radius 3 is 2.31 bits per heavy atom. The molecule has 0 bridgehead atoms. The first-order valence-electron chi connectivity index (χ1n) is 3.25. The van der Waals surface area contributed by atoms with Gasteiger partial charge in [-0.15, -0.1) is 0 Å². The van der Waals surface area contributed by atoms with Crippen LogP contribution in [0.15, 0.2) is 12.1 Å². The molecule has 1 rings (SSSR count). The summed E-state index contributed by atoms with van der Waals surface area (Å²) in [4.78, 5) is 10.1. The van der Waals surface area contributed by atoms with Crippen LogP contribution in [0.4, 0.5) is 5.69 Å². The van der Waals surface area contributed by atoms with Crippen LogP contribution >= 0.6 is 39.1 Å². The zero-order chi connectivity index (χ0) is 10.0. The van der Waals surface area contributed by atoms with E-state index in [2.05, 4.69) is 15.9 Å². The standard InChI is InChI=1S/C7H4BrCl2NO2/c8-3-4-5(9)1-2-6(10)7(4)11(12)13/h1-2H,3H2. The second-order valence-corrected chi connectivity index (χ2v) is 3.62. The predicted octanol–water partition coefficient (Wildman–Crippen LogP) is 3.80. The summed E-state index contributed by atoms with van der Waals surface area (Å²) in [7, 11) is 0. The molecule has 0 saturated heterocycles. The van der Waals surface area contributed by atoms with E-state index in [1.165, 1.54) is 12.1 Å². The highest BCUT2D eigenvalue weighted by molar-refractivity contribution is 9.08. The van der Waals surface area contributed by atoms with Crippen LogP contribution in [-0.2, 0) is 5.33 Å². The van der Waals surface area contributed by atoms with Gasteiger partial charge in [0.1, 0.15) is 5.02 Å². The van der Waals surface area contributed by atoms with Gasteiger partial charge in [-0.3, -0.25) is 10.1 Å². The van der Waals surface area contributed by atoms with Gasteiger partial charge in [0.2, 0.25) is 0 Å². The maximum Gasteiger partial charge on any atom is 0.293 e. The molecule has 0 aliphatic rings. The van der Waals surface area contributed by atoms with Crippen LogP contribution in [0.5, 0.6) is 0 Å². The van der Waals surface area contributed by atoms with Crippen molar-refractivity contribution >= 4 is 44.8 Å². The fraction of sp³-hybridized carbons (Fsp3) is 0.143. The number of hydrogen-bond acceptors (Lipinski definition) is 2. The van der Waals surface area contributed by atoms with Gasteiger partial charge < -0.3 is 0 Å². The number of halogens is 3. The lowest BCUT2D eigenvalue weighted by Crippen LogP contribution is -1.95. The molecule has 13 heavy (non-hydrogen) atoms. The van der Waals surface area contributed by atoms with Crippen LogP contribution in [0.2, 0.25) is 10.0 Å². The molecule has 0 amide bonds. The molecule has 0 atom stereocenters. The highest BCUT2D eigenvalue weighted by Crippen LogP contribution is 2.34. The molecule has 0 N–H and O–H groups in total. The number of alkyl halides is 1. The minimum atomic E-state index is -0.537. The molecule has 1 aromatic carbocycles. The van der Waals surface area contributed by atoms with Crippen molar-refractivity contribution in [3.8, 4) is 0 Å². The Hall–Kier alpha value is -0.320. The Balaban J connectivity index is 3.43. The van der Waals surface area contributed by atoms with Crippen LogP contribution in [-0.4, -0.2) is 4.92 Å². The van der Waals surface area contributed by atoms with Gasteiger partial charge in [-0.2, -0.15) is 0 Å². The summed E-state index contributed by atoms with van der Waals surface area (Å²) in [6.07, 6.45) is 0. The second kappa shape index (κ2) is 4.26. The van der Waals surface area contributed by atoms with Gasteiger partial charge in [0.15, 0.2) is 0 Å². The summed E-state index contributed by atoms with van der Waals surface area (Å²) in [6.45, 7) is 0. The van der Waals surface area contributed by atoms with Crippen molar-refractivity contribution in [2.45, 2.75) is 5.33 Å². The number of nitro benzene ring substituents is 1. The number of rotatable bonds is 2. The molecule has 0 radical (unpaired) electrons. The van der Waals surface area contributed by atoms with Gasteiger partial charge in [-0.05, 0) is 12.1 Å². The van der Waals surface area contributed by atoms with Gasteiger partial charge in [-0.25, -0.2) is 0 Å². The van der Waals surface area contributed by atoms with E-state index in [-0.39, 0.29) is 10.7 Å². The van der Waals surface area contributed by atoms with Crippen molar-refractivity contribution in [1.82, 2.24) is 0 Å². The van der Waals surface area contributed by atoms with Crippen molar-refractivity contribution in [3.05, 3.63) is 37.9 Å². The third-order valence-corrected chi connectivity index (χ3v) is 2.71. The number of benzene rings is 1. The van der Waals surface area contributed by atoms with Crippen molar-refractivity contribution < 1.29 is 4.92 Å². The number of hydrogen-bond donors (Lipinski definition) is 0. The molecular weight excluding hydrogens is 281 g/mol. The molecule has 0 unspecified atom stereocenters. The molecule has 1 aromatic rings. The van der Waals surface area contributed by atoms with Gasteiger partial charge in [0, 0.05) is 5.33 Å². The summed E-state index contributed by atoms with van der Waals surface area (Å²) in [5, 5.41) is 11.3. The van der Waals surface area contributed by atoms with E-state index >= 15 is 0 Å². The maximum atomic E-state index is 10.6. The first-order chi connectivity index (χ1) is 6.07. The third-order valence-electron chi connectivity index (χ3n) is 1.49. The van der Waals surface area contributed by atoms with E-state index in [1.807, 2.05) is 0 Å². The maximum absolute atomic E-state index is 10.6. The lowest BCUT2D eigenvalue weighted by atomic mass is 10.2. The molecule has 70 valence electrons. The minimum Gasteiger partial charge on any atom is -0.258 e. The molecule has 0 aliphatic heterocycles. The Morgan fingerprint density at radius 2 is 1.92 bits per heavy atom. The third kappa shape index (κ3) is 2.13. The topological polar surface area (TPSA) is 43.1 Å². The molecule has 0 fully saturated rings. The molecule has 0 saturated carbocycles. The molecule has 0 aliphatic carbocycles. The average Bonchev–Trinajstić information content (AvgIpc) is 2.07. The van der Waals surface area contributed by atoms with E-state index < -0.39 is 4.92 Å². The summed E-state index contributed by atoms with van der Waals surface area (Å²) >= 11 is 14.5. The molecule has 6 heteroatoms. The Kier molecular flexibility index (Phi) is 3.53. The minimum absolute atomic E-state index is 0.101. The van der Waals surface area contributed by atoms with Crippen LogP contribution in [0.3, 0.4) is 0 Å². The van der Waals surface area contributed by atoms with E-state index in [0.29, 0.717) is 15.9 Å². The highest BCUT2D eigenvalue weighted by atomic mass is 79.9. The van der Waals surface area contributed by atoms with Gasteiger partial charge >= 0.3 is 0 Å². The van der Waals surface area contributed by atoms with Crippen molar-refractivity contribution in [3.63, 3.8) is 0 Å². The van der Waals surface area contributed by atoms with E-state index in [0.717, 1.165) is 0 Å². The first kappa shape index (κ1) is 10.8. The Bertz CT molecular complexity index is 357. The van der Waals surface area contributed by atoms with Gasteiger partial charge in [0.05, 0.1) is 15.5 Å². The summed E-state index contributed by atoms with van der Waals surface area (Å²) in [5.41, 5.74) is 0.269. The van der Waals surface area contributed by atoms with E-state index in [4.69, 9.17) is 23.2 Å². The lowest BCUT2D eigenvalue weighted by Gasteiger charge is -2.02. The van der Waals surface area contributed by atoms with Crippen LogP contribution < -0.4 is 0 Å². The van der Waals surface area contributed by atoms with Crippen molar-refractivity contribution in [2.75, 3.05) is 0 Å².